The van der Waals surface area contributed by atoms with Crippen LogP contribution in [-0.4, -0.2) is 24.4 Å². The van der Waals surface area contributed by atoms with Crippen LogP contribution in [0.5, 0.6) is 0 Å². The molecule has 0 aliphatic heterocycles. The summed E-state index contributed by atoms with van der Waals surface area (Å²) in [6, 6.07) is 0. The predicted octanol–water partition coefficient (Wildman–Crippen LogP) is 4.38. The van der Waals surface area contributed by atoms with Crippen molar-refractivity contribution in [2.24, 2.45) is 5.92 Å². The van der Waals surface area contributed by atoms with E-state index in [0.29, 0.717) is 0 Å². The number of ether oxygens (including phenoxy) is 1. The van der Waals surface area contributed by atoms with Crippen molar-refractivity contribution in [2.45, 2.75) is 63.4 Å². The van der Waals surface area contributed by atoms with Crippen LogP contribution in [0.15, 0.2) is 0 Å². The molecular formula is C12H16F6O2. The number of carbonyl (C=O) groups is 1. The van der Waals surface area contributed by atoms with E-state index in [1.54, 1.807) is 0 Å². The van der Waals surface area contributed by atoms with Gasteiger partial charge in [0.05, 0.1) is 0 Å². The lowest BCUT2D eigenvalue weighted by atomic mass is 9.86. The molecule has 0 saturated heterocycles. The van der Waals surface area contributed by atoms with Crippen LogP contribution in [0.4, 0.5) is 26.3 Å². The Bertz CT molecular complexity index is 303. The number of hydrogen-bond donors (Lipinski definition) is 0. The molecule has 0 aromatic heterocycles. The van der Waals surface area contributed by atoms with Crippen LogP contribution in [-0.2, 0) is 9.53 Å². The van der Waals surface area contributed by atoms with E-state index in [2.05, 4.69) is 4.74 Å². The third kappa shape index (κ3) is 5.58. The SMILES string of the molecule is O=C(CCC1CCCCC1)OC(C(F)(F)F)C(F)(F)F. The average molecular weight is 306 g/mol. The summed E-state index contributed by atoms with van der Waals surface area (Å²) in [6.45, 7) is 0. The molecule has 1 fully saturated rings. The molecule has 1 aliphatic rings. The lowest BCUT2D eigenvalue weighted by Crippen LogP contribution is -2.45. The van der Waals surface area contributed by atoms with Gasteiger partial charge in [-0.1, -0.05) is 32.1 Å². The molecule has 2 nitrogen and oxygen atoms in total. The minimum atomic E-state index is -5.64. The molecule has 0 atom stereocenters. The zero-order valence-electron chi connectivity index (χ0n) is 10.7. The fraction of sp³-hybridized carbons (Fsp3) is 0.917. The first kappa shape index (κ1) is 17.1. The Morgan fingerprint density at radius 3 is 1.95 bits per heavy atom. The van der Waals surface area contributed by atoms with Crippen LogP contribution in [0.2, 0.25) is 0 Å². The first-order chi connectivity index (χ1) is 9.10. The number of rotatable bonds is 4. The Morgan fingerprint density at radius 2 is 1.50 bits per heavy atom. The lowest BCUT2D eigenvalue weighted by molar-refractivity contribution is -0.313. The summed E-state index contributed by atoms with van der Waals surface area (Å²) in [5, 5.41) is 0. The minimum absolute atomic E-state index is 0.187. The van der Waals surface area contributed by atoms with Crippen molar-refractivity contribution < 1.29 is 35.9 Å². The molecule has 20 heavy (non-hydrogen) atoms. The highest BCUT2D eigenvalue weighted by Crippen LogP contribution is 2.36. The fourth-order valence-corrected chi connectivity index (χ4v) is 2.31. The van der Waals surface area contributed by atoms with Gasteiger partial charge >= 0.3 is 18.3 Å². The molecule has 8 heteroatoms. The zero-order chi connectivity index (χ0) is 15.4. The maximum absolute atomic E-state index is 12.2. The first-order valence-electron chi connectivity index (χ1n) is 6.43. The Hall–Kier alpha value is -0.950. The van der Waals surface area contributed by atoms with Crippen LogP contribution in [0.25, 0.3) is 0 Å². The molecule has 1 rings (SSSR count). The van der Waals surface area contributed by atoms with Gasteiger partial charge in [0.15, 0.2) is 0 Å². The second-order valence-electron chi connectivity index (χ2n) is 5.00. The van der Waals surface area contributed by atoms with Crippen molar-refractivity contribution in [2.75, 3.05) is 0 Å². The summed E-state index contributed by atoms with van der Waals surface area (Å²) >= 11 is 0. The van der Waals surface area contributed by atoms with Gasteiger partial charge in [0.25, 0.3) is 6.10 Å². The van der Waals surface area contributed by atoms with E-state index in [9.17, 15) is 31.1 Å². The number of alkyl halides is 6. The van der Waals surface area contributed by atoms with Crippen molar-refractivity contribution in [1.29, 1.82) is 0 Å². The Kier molecular flexibility index (Phi) is 5.70. The van der Waals surface area contributed by atoms with Crippen LogP contribution in [0.3, 0.4) is 0 Å². The van der Waals surface area contributed by atoms with Crippen LogP contribution in [0.1, 0.15) is 44.9 Å². The molecule has 1 aliphatic carbocycles. The van der Waals surface area contributed by atoms with Crippen LogP contribution in [0, 0.1) is 5.92 Å². The maximum Gasteiger partial charge on any atom is 0.434 e. The van der Waals surface area contributed by atoms with Gasteiger partial charge in [0.1, 0.15) is 0 Å². The van der Waals surface area contributed by atoms with Gasteiger partial charge in [-0.15, -0.1) is 0 Å². The Labute approximate surface area is 112 Å². The molecule has 0 amide bonds. The van der Waals surface area contributed by atoms with Gasteiger partial charge in [-0.25, -0.2) is 0 Å². The van der Waals surface area contributed by atoms with E-state index in [-0.39, 0.29) is 12.3 Å². The molecule has 0 aromatic carbocycles. The van der Waals surface area contributed by atoms with Crippen molar-refractivity contribution in [1.82, 2.24) is 0 Å². The monoisotopic (exact) mass is 306 g/mol. The molecule has 0 radical (unpaired) electrons. The highest BCUT2D eigenvalue weighted by Gasteiger charge is 2.59. The normalized spacial score (nSPS) is 18.4. The first-order valence-corrected chi connectivity index (χ1v) is 6.43. The second-order valence-corrected chi connectivity index (χ2v) is 5.00. The molecule has 0 aromatic rings. The Morgan fingerprint density at radius 1 is 1.00 bits per heavy atom. The molecule has 0 heterocycles. The van der Waals surface area contributed by atoms with E-state index in [4.69, 9.17) is 0 Å². The standard InChI is InChI=1S/C12H16F6O2/c13-11(14,15)10(12(16,17)18)20-9(19)7-6-8-4-2-1-3-5-8/h8,10H,1-7H2. The third-order valence-corrected chi connectivity index (χ3v) is 3.33. The van der Waals surface area contributed by atoms with Crippen molar-refractivity contribution in [3.63, 3.8) is 0 Å². The summed E-state index contributed by atoms with van der Waals surface area (Å²) in [7, 11) is 0. The maximum atomic E-state index is 12.2. The molecule has 0 N–H and O–H groups in total. The smallest absolute Gasteiger partial charge is 0.434 e. The zero-order valence-corrected chi connectivity index (χ0v) is 10.7. The average Bonchev–Trinajstić information content (AvgIpc) is 2.32. The van der Waals surface area contributed by atoms with Crippen molar-refractivity contribution in [3.8, 4) is 0 Å². The quantitative estimate of drug-likeness (QED) is 0.569. The van der Waals surface area contributed by atoms with Gasteiger partial charge in [-0.3, -0.25) is 4.79 Å². The minimum Gasteiger partial charge on any atom is -0.443 e. The van der Waals surface area contributed by atoms with E-state index in [1.165, 1.54) is 0 Å². The summed E-state index contributed by atoms with van der Waals surface area (Å²) < 4.78 is 76.6. The van der Waals surface area contributed by atoms with Gasteiger partial charge in [0, 0.05) is 6.42 Å². The van der Waals surface area contributed by atoms with Crippen molar-refractivity contribution >= 4 is 5.97 Å². The highest BCUT2D eigenvalue weighted by atomic mass is 19.4. The molecule has 1 saturated carbocycles. The molecule has 0 unspecified atom stereocenters. The number of hydrogen-bond acceptors (Lipinski definition) is 2. The van der Waals surface area contributed by atoms with Gasteiger partial charge < -0.3 is 4.74 Å². The predicted molar refractivity (Wildman–Crippen MR) is 57.8 cm³/mol. The van der Waals surface area contributed by atoms with Gasteiger partial charge in [-0.2, -0.15) is 26.3 Å². The second kappa shape index (κ2) is 6.67. The van der Waals surface area contributed by atoms with E-state index in [0.717, 1.165) is 32.1 Å². The Balaban J connectivity index is 2.46. The molecule has 0 spiro atoms. The van der Waals surface area contributed by atoms with Crippen LogP contribution >= 0.6 is 0 Å². The number of halogens is 6. The fourth-order valence-electron chi connectivity index (χ4n) is 2.31. The number of esters is 1. The summed E-state index contributed by atoms with van der Waals surface area (Å²) in [5.41, 5.74) is 0. The molecular weight excluding hydrogens is 290 g/mol. The largest absolute Gasteiger partial charge is 0.443 e. The van der Waals surface area contributed by atoms with E-state index in [1.807, 2.05) is 0 Å². The van der Waals surface area contributed by atoms with Crippen LogP contribution < -0.4 is 0 Å². The summed E-state index contributed by atoms with van der Waals surface area (Å²) in [5.74, 6) is -1.26. The highest BCUT2D eigenvalue weighted by molar-refractivity contribution is 5.69. The summed E-state index contributed by atoms with van der Waals surface area (Å²) in [6.07, 6.45) is -10.7. The molecule has 118 valence electrons. The molecule has 0 bridgehead atoms. The summed E-state index contributed by atoms with van der Waals surface area (Å²) in [4.78, 5) is 11.2. The lowest BCUT2D eigenvalue weighted by Gasteiger charge is -2.24. The topological polar surface area (TPSA) is 26.3 Å². The van der Waals surface area contributed by atoms with Gasteiger partial charge in [-0.05, 0) is 12.3 Å². The van der Waals surface area contributed by atoms with Gasteiger partial charge in [0.2, 0.25) is 0 Å². The number of carbonyl (C=O) groups excluding carboxylic acids is 1. The van der Waals surface area contributed by atoms with E-state index >= 15 is 0 Å². The third-order valence-electron chi connectivity index (χ3n) is 3.33. The van der Waals surface area contributed by atoms with Crippen molar-refractivity contribution in [3.05, 3.63) is 0 Å². The van der Waals surface area contributed by atoms with E-state index < -0.39 is 30.8 Å².